The normalized spacial score (nSPS) is 17.4. The second-order valence-corrected chi connectivity index (χ2v) is 8.54. The average Bonchev–Trinajstić information content (AvgIpc) is 3.31. The molecule has 37 heavy (non-hydrogen) atoms. The van der Waals surface area contributed by atoms with Crippen LogP contribution < -0.4 is 19.9 Å². The summed E-state index contributed by atoms with van der Waals surface area (Å²) in [6.07, 6.45) is -2.08. The van der Waals surface area contributed by atoms with E-state index in [-0.39, 0.29) is 41.7 Å². The van der Waals surface area contributed by atoms with Gasteiger partial charge in [-0.2, -0.15) is 18.2 Å². The fourth-order valence-electron chi connectivity index (χ4n) is 4.22. The first-order valence-corrected chi connectivity index (χ1v) is 11.4. The van der Waals surface area contributed by atoms with E-state index < -0.39 is 30.5 Å². The van der Waals surface area contributed by atoms with E-state index in [0.29, 0.717) is 25.2 Å². The second-order valence-electron chi connectivity index (χ2n) is 8.54. The maximum absolute atomic E-state index is 13.4. The number of carbonyl (C=O) groups excluding carboxylic acids is 1. The lowest BCUT2D eigenvalue weighted by atomic mass is 10.1. The van der Waals surface area contributed by atoms with Crippen LogP contribution in [0.4, 0.5) is 35.3 Å². The van der Waals surface area contributed by atoms with Crippen LogP contribution in [0.25, 0.3) is 11.4 Å². The lowest BCUT2D eigenvalue weighted by Gasteiger charge is -2.35. The van der Waals surface area contributed by atoms with Crippen molar-refractivity contribution < 1.29 is 32.9 Å². The largest absolute Gasteiger partial charge is 0.461 e. The van der Waals surface area contributed by atoms with Crippen molar-refractivity contribution in [1.82, 2.24) is 19.9 Å². The Kier molecular flexibility index (Phi) is 6.52. The van der Waals surface area contributed by atoms with Crippen molar-refractivity contribution >= 4 is 23.4 Å². The van der Waals surface area contributed by atoms with E-state index in [2.05, 4.69) is 25.3 Å². The standard InChI is InChI=1S/C23H22F3N7O4/c24-23(25,26)14-3-1-2-13(8-14)19-28-9-17-20(31-19)33(15-5-7-32(17)10-15)22(36)30-18-4-6-27-21(29-18)37-12-16(35)11-34/h1-4,6,8-9,15-16,34-35H,5,7,10-12H2,(H,27,29,30,36)/t15?,16-/m0/s1. The maximum atomic E-state index is 13.4. The van der Waals surface area contributed by atoms with E-state index in [1.165, 1.54) is 35.5 Å². The van der Waals surface area contributed by atoms with E-state index in [9.17, 15) is 23.1 Å². The molecule has 1 saturated heterocycles. The number of rotatable bonds is 6. The van der Waals surface area contributed by atoms with Gasteiger partial charge in [0.15, 0.2) is 11.6 Å². The van der Waals surface area contributed by atoms with E-state index in [0.717, 1.165) is 12.1 Å². The Balaban J connectivity index is 1.42. The lowest BCUT2D eigenvalue weighted by Crippen LogP contribution is -2.48. The molecule has 5 rings (SSSR count). The molecule has 2 amide bonds. The number of carbonyl (C=O) groups is 1. The number of halogens is 3. The number of benzene rings is 1. The molecule has 2 atom stereocenters. The van der Waals surface area contributed by atoms with Crippen LogP contribution >= 0.6 is 0 Å². The van der Waals surface area contributed by atoms with Gasteiger partial charge in [-0.25, -0.2) is 19.7 Å². The number of hydrogen-bond donors (Lipinski definition) is 3. The van der Waals surface area contributed by atoms with Crippen LogP contribution in [-0.2, 0) is 6.18 Å². The molecule has 194 valence electrons. The van der Waals surface area contributed by atoms with Gasteiger partial charge in [-0.1, -0.05) is 12.1 Å². The molecule has 3 aromatic rings. The molecular weight excluding hydrogens is 495 g/mol. The van der Waals surface area contributed by atoms with Gasteiger partial charge in [0.05, 0.1) is 30.1 Å². The summed E-state index contributed by atoms with van der Waals surface area (Å²) in [5.74, 6) is 0.471. The lowest BCUT2D eigenvalue weighted by molar-refractivity contribution is -0.137. The van der Waals surface area contributed by atoms with Gasteiger partial charge >= 0.3 is 18.2 Å². The number of nitrogens with one attached hydrogen (secondary N) is 1. The topological polar surface area (TPSA) is 137 Å². The number of nitrogens with zero attached hydrogens (tertiary/aromatic N) is 6. The van der Waals surface area contributed by atoms with Crippen molar-refractivity contribution in [2.24, 2.45) is 0 Å². The van der Waals surface area contributed by atoms with E-state index in [1.54, 1.807) is 0 Å². The van der Waals surface area contributed by atoms with Gasteiger partial charge in [-0.15, -0.1) is 0 Å². The van der Waals surface area contributed by atoms with Crippen LogP contribution in [-0.4, -0.2) is 74.6 Å². The summed E-state index contributed by atoms with van der Waals surface area (Å²) in [5, 5.41) is 21.0. The Labute approximate surface area is 208 Å². The van der Waals surface area contributed by atoms with Crippen LogP contribution in [0.2, 0.25) is 0 Å². The van der Waals surface area contributed by atoms with Gasteiger partial charge in [0, 0.05) is 24.8 Å². The maximum Gasteiger partial charge on any atom is 0.416 e. The Morgan fingerprint density at radius 3 is 2.86 bits per heavy atom. The molecule has 1 aromatic carbocycles. The molecule has 2 aromatic heterocycles. The van der Waals surface area contributed by atoms with Crippen molar-refractivity contribution in [2.75, 3.05) is 41.4 Å². The van der Waals surface area contributed by atoms with Gasteiger partial charge in [-0.3, -0.25) is 10.2 Å². The number of alkyl halides is 3. The third kappa shape index (κ3) is 5.11. The van der Waals surface area contributed by atoms with Crippen molar-refractivity contribution in [2.45, 2.75) is 24.7 Å². The van der Waals surface area contributed by atoms with Gasteiger partial charge in [-0.05, 0) is 24.6 Å². The Hall–Kier alpha value is -4.04. The highest BCUT2D eigenvalue weighted by molar-refractivity contribution is 6.04. The third-order valence-electron chi connectivity index (χ3n) is 6.00. The smallest absolute Gasteiger partial charge is 0.416 e. The van der Waals surface area contributed by atoms with Crippen LogP contribution in [0, 0.1) is 0 Å². The van der Waals surface area contributed by atoms with Gasteiger partial charge in [0.2, 0.25) is 0 Å². The van der Waals surface area contributed by atoms with E-state index in [1.807, 2.05) is 4.90 Å². The minimum absolute atomic E-state index is 0.0605. The van der Waals surface area contributed by atoms with Crippen molar-refractivity contribution in [3.05, 3.63) is 48.3 Å². The number of aliphatic hydroxyl groups is 2. The fraction of sp³-hybridized carbons (Fsp3) is 0.348. The number of aliphatic hydroxyl groups excluding tert-OH is 2. The van der Waals surface area contributed by atoms with Crippen LogP contribution in [0.15, 0.2) is 42.7 Å². The number of ether oxygens (including phenoxy) is 1. The second kappa shape index (κ2) is 9.78. The van der Waals surface area contributed by atoms with Crippen LogP contribution in [0.1, 0.15) is 12.0 Å². The zero-order valence-corrected chi connectivity index (χ0v) is 19.3. The average molecular weight is 517 g/mol. The molecule has 2 aliphatic rings. The van der Waals surface area contributed by atoms with Crippen molar-refractivity contribution in [3.8, 4) is 17.4 Å². The molecule has 2 bridgehead atoms. The molecule has 2 aliphatic heterocycles. The van der Waals surface area contributed by atoms with E-state index >= 15 is 0 Å². The highest BCUT2D eigenvalue weighted by atomic mass is 19.4. The first-order chi connectivity index (χ1) is 17.7. The first kappa shape index (κ1) is 24.6. The molecule has 11 nitrogen and oxygen atoms in total. The number of anilines is 3. The minimum atomic E-state index is -4.52. The molecular formula is C23H22F3N7O4. The summed E-state index contributed by atoms with van der Waals surface area (Å²) in [6.45, 7) is 0.504. The predicted molar refractivity (Wildman–Crippen MR) is 125 cm³/mol. The summed E-state index contributed by atoms with van der Waals surface area (Å²) in [6, 6.07) is 5.30. The van der Waals surface area contributed by atoms with Crippen molar-refractivity contribution in [1.29, 1.82) is 0 Å². The van der Waals surface area contributed by atoms with E-state index in [4.69, 9.17) is 9.84 Å². The molecule has 4 heterocycles. The Bertz CT molecular complexity index is 1310. The summed E-state index contributed by atoms with van der Waals surface area (Å²) < 4.78 is 44.9. The zero-order valence-electron chi connectivity index (χ0n) is 19.3. The highest BCUT2D eigenvalue weighted by Crippen LogP contribution is 2.40. The van der Waals surface area contributed by atoms with Crippen molar-refractivity contribution in [3.63, 3.8) is 0 Å². The molecule has 0 aliphatic carbocycles. The monoisotopic (exact) mass is 517 g/mol. The Morgan fingerprint density at radius 2 is 2.08 bits per heavy atom. The van der Waals surface area contributed by atoms with Gasteiger partial charge in [0.25, 0.3) is 0 Å². The van der Waals surface area contributed by atoms with Gasteiger partial charge < -0.3 is 19.8 Å². The summed E-state index contributed by atoms with van der Waals surface area (Å²) in [4.78, 5) is 33.7. The SMILES string of the molecule is O=C(Nc1ccnc(OC[C@@H](O)CO)n1)N1c2nc(-c3cccc(C(F)(F)F)c3)ncc2N2CCC1C2. The van der Waals surface area contributed by atoms with Crippen LogP contribution in [0.5, 0.6) is 6.01 Å². The summed E-state index contributed by atoms with van der Waals surface area (Å²) in [7, 11) is 0. The summed E-state index contributed by atoms with van der Waals surface area (Å²) >= 11 is 0. The van der Waals surface area contributed by atoms with Gasteiger partial charge in [0.1, 0.15) is 18.5 Å². The molecule has 1 unspecified atom stereocenters. The molecule has 1 fully saturated rings. The minimum Gasteiger partial charge on any atom is -0.461 e. The third-order valence-corrected chi connectivity index (χ3v) is 6.00. The Morgan fingerprint density at radius 1 is 1.24 bits per heavy atom. The predicted octanol–water partition coefficient (Wildman–Crippen LogP) is 2.32. The number of urea groups is 1. The highest BCUT2D eigenvalue weighted by Gasteiger charge is 2.41. The quantitative estimate of drug-likeness (QED) is 0.450. The number of amides is 2. The first-order valence-electron chi connectivity index (χ1n) is 11.4. The summed E-state index contributed by atoms with van der Waals surface area (Å²) in [5.41, 5.74) is -0.0454. The molecule has 0 radical (unpaired) electrons. The molecule has 0 saturated carbocycles. The zero-order chi connectivity index (χ0) is 26.2. The molecule has 14 heteroatoms. The van der Waals surface area contributed by atoms with Crippen LogP contribution in [0.3, 0.4) is 0 Å². The number of aromatic nitrogens is 4. The number of fused-ring (bicyclic) bond motifs is 4. The molecule has 3 N–H and O–H groups in total. The fourth-order valence-corrected chi connectivity index (χ4v) is 4.22. The molecule has 0 spiro atoms. The number of hydrogen-bond acceptors (Lipinski definition) is 9.